The Morgan fingerprint density at radius 1 is 1.00 bits per heavy atom. The Balaban J connectivity index is 2.29. The molecule has 20 heavy (non-hydrogen) atoms. The van der Waals surface area contributed by atoms with Crippen molar-refractivity contribution in [2.75, 3.05) is 14.2 Å². The van der Waals surface area contributed by atoms with E-state index in [2.05, 4.69) is 9.97 Å². The van der Waals surface area contributed by atoms with Gasteiger partial charge in [-0.05, 0) is 6.92 Å². The second-order valence-electron chi connectivity index (χ2n) is 4.39. The van der Waals surface area contributed by atoms with Gasteiger partial charge in [-0.1, -0.05) is 30.3 Å². The molecule has 5 heteroatoms. The van der Waals surface area contributed by atoms with Crippen LogP contribution >= 0.6 is 0 Å². The Morgan fingerprint density at radius 3 is 2.40 bits per heavy atom. The first-order chi connectivity index (χ1) is 9.74. The van der Waals surface area contributed by atoms with Crippen LogP contribution in [-0.4, -0.2) is 28.6 Å². The molecule has 0 N–H and O–H groups in total. The molecule has 0 aliphatic carbocycles. The standard InChI is InChI=1S/C15H15N3O2/c1-10-14(11-7-5-4-6-8-11)17-15-16-12(19-2)9-13(20-3)18(10)15/h4-9H,1-3H3. The number of benzene rings is 1. The van der Waals surface area contributed by atoms with Gasteiger partial charge in [0.2, 0.25) is 17.5 Å². The molecule has 0 fully saturated rings. The maximum absolute atomic E-state index is 5.40. The van der Waals surface area contributed by atoms with Gasteiger partial charge >= 0.3 is 0 Å². The normalized spacial score (nSPS) is 10.8. The van der Waals surface area contributed by atoms with Crippen molar-refractivity contribution in [3.8, 4) is 23.0 Å². The monoisotopic (exact) mass is 269 g/mol. The summed E-state index contributed by atoms with van der Waals surface area (Å²) in [6.45, 7) is 2.00. The zero-order valence-corrected chi connectivity index (χ0v) is 11.6. The van der Waals surface area contributed by atoms with Crippen molar-refractivity contribution in [2.45, 2.75) is 6.92 Å². The molecule has 0 saturated carbocycles. The number of aromatic nitrogens is 3. The fraction of sp³-hybridized carbons (Fsp3) is 0.200. The Labute approximate surface area is 116 Å². The summed E-state index contributed by atoms with van der Waals surface area (Å²) in [6, 6.07) is 11.8. The third-order valence-corrected chi connectivity index (χ3v) is 3.23. The first kappa shape index (κ1) is 12.5. The topological polar surface area (TPSA) is 48.7 Å². The maximum Gasteiger partial charge on any atom is 0.240 e. The number of rotatable bonds is 3. The van der Waals surface area contributed by atoms with E-state index in [9.17, 15) is 0 Å². The summed E-state index contributed by atoms with van der Waals surface area (Å²) in [5.41, 5.74) is 2.93. The number of nitrogens with zero attached hydrogens (tertiary/aromatic N) is 3. The fourth-order valence-electron chi connectivity index (χ4n) is 2.25. The number of methoxy groups -OCH3 is 2. The van der Waals surface area contributed by atoms with E-state index in [1.807, 2.05) is 41.7 Å². The van der Waals surface area contributed by atoms with Gasteiger partial charge in [-0.2, -0.15) is 4.98 Å². The lowest BCUT2D eigenvalue weighted by Crippen LogP contribution is -1.99. The Bertz CT molecular complexity index is 751. The van der Waals surface area contributed by atoms with Crippen LogP contribution in [0.15, 0.2) is 36.4 Å². The minimum Gasteiger partial charge on any atom is -0.482 e. The molecule has 3 rings (SSSR count). The quantitative estimate of drug-likeness (QED) is 0.733. The van der Waals surface area contributed by atoms with Gasteiger partial charge in [0, 0.05) is 5.56 Å². The lowest BCUT2D eigenvalue weighted by molar-refractivity contribution is 0.369. The van der Waals surface area contributed by atoms with Crippen molar-refractivity contribution < 1.29 is 9.47 Å². The Kier molecular flexibility index (Phi) is 3.02. The van der Waals surface area contributed by atoms with E-state index < -0.39 is 0 Å². The second kappa shape index (κ2) is 4.85. The van der Waals surface area contributed by atoms with E-state index >= 15 is 0 Å². The SMILES string of the molecule is COc1cc(OC)n2c(C)c(-c3ccccc3)nc2n1. The molecule has 0 unspecified atom stereocenters. The van der Waals surface area contributed by atoms with Gasteiger partial charge in [0.15, 0.2) is 0 Å². The minimum atomic E-state index is 0.485. The second-order valence-corrected chi connectivity index (χ2v) is 4.39. The van der Waals surface area contributed by atoms with E-state index in [0.717, 1.165) is 17.0 Å². The largest absolute Gasteiger partial charge is 0.482 e. The molecule has 5 nitrogen and oxygen atoms in total. The van der Waals surface area contributed by atoms with E-state index in [1.54, 1.807) is 20.3 Å². The molecule has 0 saturated heterocycles. The van der Waals surface area contributed by atoms with Crippen LogP contribution in [0.1, 0.15) is 5.69 Å². The molecule has 102 valence electrons. The third-order valence-electron chi connectivity index (χ3n) is 3.23. The number of ether oxygens (including phenoxy) is 2. The van der Waals surface area contributed by atoms with Crippen LogP contribution in [0.25, 0.3) is 17.0 Å². The average molecular weight is 269 g/mol. The van der Waals surface area contributed by atoms with E-state index in [-0.39, 0.29) is 0 Å². The number of aryl methyl sites for hydroxylation is 1. The van der Waals surface area contributed by atoms with Gasteiger partial charge in [0.1, 0.15) is 0 Å². The van der Waals surface area contributed by atoms with Crippen molar-refractivity contribution in [3.63, 3.8) is 0 Å². The third kappa shape index (κ3) is 1.87. The molecule has 0 amide bonds. The van der Waals surface area contributed by atoms with Crippen LogP contribution in [0.2, 0.25) is 0 Å². The van der Waals surface area contributed by atoms with Crippen LogP contribution in [-0.2, 0) is 0 Å². The van der Waals surface area contributed by atoms with E-state index in [1.165, 1.54) is 0 Å². The zero-order chi connectivity index (χ0) is 14.1. The molecular weight excluding hydrogens is 254 g/mol. The lowest BCUT2D eigenvalue weighted by atomic mass is 10.1. The molecule has 0 aliphatic rings. The van der Waals surface area contributed by atoms with Gasteiger partial charge in [-0.15, -0.1) is 0 Å². The van der Waals surface area contributed by atoms with Gasteiger partial charge in [-0.25, -0.2) is 4.98 Å². The fourth-order valence-corrected chi connectivity index (χ4v) is 2.25. The molecule has 0 spiro atoms. The van der Waals surface area contributed by atoms with Crippen molar-refractivity contribution >= 4 is 5.78 Å². The van der Waals surface area contributed by atoms with Gasteiger partial charge in [0.05, 0.1) is 31.7 Å². The zero-order valence-electron chi connectivity index (χ0n) is 11.6. The summed E-state index contributed by atoms with van der Waals surface area (Å²) in [4.78, 5) is 8.95. The van der Waals surface area contributed by atoms with Crippen molar-refractivity contribution in [3.05, 3.63) is 42.1 Å². The average Bonchev–Trinajstić information content (AvgIpc) is 2.84. The number of fused-ring (bicyclic) bond motifs is 1. The first-order valence-corrected chi connectivity index (χ1v) is 6.28. The number of hydrogen-bond acceptors (Lipinski definition) is 4. The van der Waals surface area contributed by atoms with E-state index in [4.69, 9.17) is 9.47 Å². The molecule has 0 bridgehead atoms. The molecule has 0 aliphatic heterocycles. The molecule has 1 aromatic carbocycles. The highest BCUT2D eigenvalue weighted by atomic mass is 16.5. The minimum absolute atomic E-state index is 0.485. The van der Waals surface area contributed by atoms with Crippen LogP contribution in [0.5, 0.6) is 11.8 Å². The summed E-state index contributed by atoms with van der Waals surface area (Å²) >= 11 is 0. The molecule has 0 radical (unpaired) electrons. The maximum atomic E-state index is 5.40. The Morgan fingerprint density at radius 2 is 1.75 bits per heavy atom. The van der Waals surface area contributed by atoms with Gasteiger partial charge < -0.3 is 9.47 Å². The predicted molar refractivity (Wildman–Crippen MR) is 76.3 cm³/mol. The molecule has 3 aromatic rings. The number of hydrogen-bond donors (Lipinski definition) is 0. The molecular formula is C15H15N3O2. The molecule has 2 aromatic heterocycles. The summed E-state index contributed by atoms with van der Waals surface area (Å²) in [6.07, 6.45) is 0. The first-order valence-electron chi connectivity index (χ1n) is 6.28. The highest BCUT2D eigenvalue weighted by molar-refractivity contribution is 5.65. The van der Waals surface area contributed by atoms with Crippen LogP contribution in [0.3, 0.4) is 0 Å². The smallest absolute Gasteiger partial charge is 0.240 e. The van der Waals surface area contributed by atoms with Crippen molar-refractivity contribution in [1.82, 2.24) is 14.4 Å². The van der Waals surface area contributed by atoms with Gasteiger partial charge in [-0.3, -0.25) is 4.40 Å². The highest BCUT2D eigenvalue weighted by Gasteiger charge is 2.15. The van der Waals surface area contributed by atoms with Crippen LogP contribution in [0.4, 0.5) is 0 Å². The van der Waals surface area contributed by atoms with Crippen LogP contribution in [0, 0.1) is 6.92 Å². The summed E-state index contributed by atoms with van der Waals surface area (Å²) in [5, 5.41) is 0. The van der Waals surface area contributed by atoms with Gasteiger partial charge in [0.25, 0.3) is 0 Å². The van der Waals surface area contributed by atoms with Crippen LogP contribution < -0.4 is 9.47 Å². The molecule has 2 heterocycles. The van der Waals surface area contributed by atoms with Crippen molar-refractivity contribution in [1.29, 1.82) is 0 Å². The summed E-state index contributed by atoms with van der Waals surface area (Å²) < 4.78 is 12.5. The number of imidazole rings is 1. The summed E-state index contributed by atoms with van der Waals surface area (Å²) in [7, 11) is 3.20. The summed E-state index contributed by atoms with van der Waals surface area (Å²) in [5.74, 6) is 1.70. The van der Waals surface area contributed by atoms with E-state index in [0.29, 0.717) is 17.5 Å². The molecule has 0 atom stereocenters. The highest BCUT2D eigenvalue weighted by Crippen LogP contribution is 2.28. The predicted octanol–water partition coefficient (Wildman–Crippen LogP) is 2.72. The van der Waals surface area contributed by atoms with Crippen molar-refractivity contribution in [2.24, 2.45) is 0 Å². The Hall–Kier alpha value is -2.56. The lowest BCUT2D eigenvalue weighted by Gasteiger charge is -2.07.